The third kappa shape index (κ3) is 4.49. The highest BCUT2D eigenvalue weighted by Gasteiger charge is 2.33. The van der Waals surface area contributed by atoms with Gasteiger partial charge in [0.1, 0.15) is 5.82 Å². The maximum absolute atomic E-state index is 13.2. The summed E-state index contributed by atoms with van der Waals surface area (Å²) in [6, 6.07) is 7.83. The molecule has 0 radical (unpaired) electrons. The number of carbonyl (C=O) groups excluding carboxylic acids is 1. The fourth-order valence-corrected chi connectivity index (χ4v) is 5.19. The predicted molar refractivity (Wildman–Crippen MR) is 109 cm³/mol. The Labute approximate surface area is 173 Å². The second kappa shape index (κ2) is 8.49. The largest absolute Gasteiger partial charge is 0.326 e. The molecule has 0 atom stereocenters. The van der Waals surface area contributed by atoms with Crippen molar-refractivity contribution in [3.63, 3.8) is 0 Å². The van der Waals surface area contributed by atoms with Crippen molar-refractivity contribution in [1.82, 2.24) is 4.31 Å². The predicted octanol–water partition coefficient (Wildman–Crippen LogP) is 3.39. The summed E-state index contributed by atoms with van der Waals surface area (Å²) in [7, 11) is -3.91. The number of nitro benzene ring substituents is 1. The molecule has 1 N–H and O–H groups in total. The molecule has 1 saturated heterocycles. The zero-order chi connectivity index (χ0) is 22.1. The average Bonchev–Trinajstić information content (AvgIpc) is 2.70. The van der Waals surface area contributed by atoms with Crippen LogP contribution in [0.25, 0.3) is 0 Å². The third-order valence-corrected chi connectivity index (χ3v) is 7.31. The second-order valence-electron chi connectivity index (χ2n) is 7.33. The van der Waals surface area contributed by atoms with Gasteiger partial charge in [-0.25, -0.2) is 12.8 Å². The maximum Gasteiger partial charge on any atom is 0.270 e. The van der Waals surface area contributed by atoms with Crippen molar-refractivity contribution in [2.75, 3.05) is 18.4 Å². The minimum atomic E-state index is -3.91. The van der Waals surface area contributed by atoms with E-state index in [2.05, 4.69) is 5.32 Å². The fourth-order valence-electron chi connectivity index (χ4n) is 3.48. The molecular weight excluding hydrogens is 413 g/mol. The first-order valence-electron chi connectivity index (χ1n) is 9.42. The molecule has 0 bridgehead atoms. The van der Waals surface area contributed by atoms with Gasteiger partial charge in [0.2, 0.25) is 15.9 Å². The molecule has 2 aromatic rings. The first kappa shape index (κ1) is 21.8. The highest BCUT2D eigenvalue weighted by molar-refractivity contribution is 7.89. The normalized spacial score (nSPS) is 15.7. The van der Waals surface area contributed by atoms with E-state index < -0.39 is 14.9 Å². The number of sulfonamides is 1. The van der Waals surface area contributed by atoms with E-state index in [9.17, 15) is 27.7 Å². The third-order valence-electron chi connectivity index (χ3n) is 5.27. The average molecular weight is 435 g/mol. The topological polar surface area (TPSA) is 110 Å². The van der Waals surface area contributed by atoms with Crippen LogP contribution in [-0.4, -0.2) is 36.6 Å². The number of hydrogen-bond acceptors (Lipinski definition) is 5. The summed E-state index contributed by atoms with van der Waals surface area (Å²) in [4.78, 5) is 22.8. The zero-order valence-electron chi connectivity index (χ0n) is 16.6. The van der Waals surface area contributed by atoms with Crippen LogP contribution in [0.1, 0.15) is 24.0 Å². The minimum absolute atomic E-state index is 0.0958. The number of nitro groups is 1. The van der Waals surface area contributed by atoms with Gasteiger partial charge in [0.15, 0.2) is 0 Å². The zero-order valence-corrected chi connectivity index (χ0v) is 17.4. The lowest BCUT2D eigenvalue weighted by Crippen LogP contribution is -2.41. The summed E-state index contributed by atoms with van der Waals surface area (Å²) in [5, 5.41) is 13.8. The van der Waals surface area contributed by atoms with Crippen molar-refractivity contribution in [2.24, 2.45) is 5.92 Å². The van der Waals surface area contributed by atoms with Crippen molar-refractivity contribution < 1.29 is 22.5 Å². The van der Waals surface area contributed by atoms with Gasteiger partial charge in [0, 0.05) is 36.8 Å². The van der Waals surface area contributed by atoms with Crippen molar-refractivity contribution >= 4 is 27.3 Å². The number of halogens is 1. The number of carbonyl (C=O) groups is 1. The molecule has 1 aliphatic heterocycles. The highest BCUT2D eigenvalue weighted by Crippen LogP contribution is 2.29. The highest BCUT2D eigenvalue weighted by atomic mass is 32.2. The van der Waals surface area contributed by atoms with Gasteiger partial charge in [-0.15, -0.1) is 0 Å². The van der Waals surface area contributed by atoms with Gasteiger partial charge in [0.25, 0.3) is 5.69 Å². The molecule has 1 aliphatic rings. The molecule has 10 heteroatoms. The Bertz CT molecular complexity index is 1100. The van der Waals surface area contributed by atoms with E-state index in [1.807, 2.05) is 0 Å². The first-order valence-corrected chi connectivity index (χ1v) is 10.9. The van der Waals surface area contributed by atoms with Gasteiger partial charge in [-0.05, 0) is 56.0 Å². The minimum Gasteiger partial charge on any atom is -0.326 e. The van der Waals surface area contributed by atoms with Crippen molar-refractivity contribution in [3.8, 4) is 0 Å². The second-order valence-corrected chi connectivity index (χ2v) is 9.24. The molecule has 8 nitrogen and oxygen atoms in total. The van der Waals surface area contributed by atoms with Crippen molar-refractivity contribution in [3.05, 3.63) is 63.5 Å². The molecule has 30 heavy (non-hydrogen) atoms. The monoisotopic (exact) mass is 435 g/mol. The van der Waals surface area contributed by atoms with Crippen molar-refractivity contribution in [1.29, 1.82) is 0 Å². The summed E-state index contributed by atoms with van der Waals surface area (Å²) in [5.74, 6) is -1.01. The van der Waals surface area contributed by atoms with E-state index in [1.165, 1.54) is 34.6 Å². The molecule has 160 valence electrons. The van der Waals surface area contributed by atoms with Crippen LogP contribution < -0.4 is 5.32 Å². The Morgan fingerprint density at radius 2 is 1.80 bits per heavy atom. The summed E-state index contributed by atoms with van der Waals surface area (Å²) in [5.41, 5.74) is 1.25. The van der Waals surface area contributed by atoms with Gasteiger partial charge in [-0.2, -0.15) is 4.31 Å². The van der Waals surface area contributed by atoms with Crippen LogP contribution in [0.3, 0.4) is 0 Å². The molecule has 0 saturated carbocycles. The number of anilines is 1. The van der Waals surface area contributed by atoms with E-state index in [-0.39, 0.29) is 41.3 Å². The molecule has 3 rings (SSSR count). The van der Waals surface area contributed by atoms with E-state index in [1.54, 1.807) is 13.8 Å². The van der Waals surface area contributed by atoms with Crippen molar-refractivity contribution in [2.45, 2.75) is 31.6 Å². The standard InChI is InChI=1S/C20H22FN3O5S/c1-13-3-5-17(24(26)27)12-19(13)30(28,29)23-9-7-15(8-10-23)20(25)22-18-6-4-16(21)11-14(18)2/h3-6,11-12,15H,7-10H2,1-2H3,(H,22,25). The maximum atomic E-state index is 13.2. The van der Waals surface area contributed by atoms with Crippen LogP contribution in [0.15, 0.2) is 41.3 Å². The lowest BCUT2D eigenvalue weighted by atomic mass is 9.97. The first-order chi connectivity index (χ1) is 14.1. The van der Waals surface area contributed by atoms with Gasteiger partial charge >= 0.3 is 0 Å². The van der Waals surface area contributed by atoms with Gasteiger partial charge in [0.05, 0.1) is 9.82 Å². The number of hydrogen-bond donors (Lipinski definition) is 1. The molecule has 0 aromatic heterocycles. The Kier molecular flexibility index (Phi) is 6.18. The number of rotatable bonds is 5. The van der Waals surface area contributed by atoms with Gasteiger partial charge in [-0.1, -0.05) is 6.07 Å². The molecule has 0 unspecified atom stereocenters. The summed E-state index contributed by atoms with van der Waals surface area (Å²) in [6.07, 6.45) is 0.637. The smallest absolute Gasteiger partial charge is 0.270 e. The summed E-state index contributed by atoms with van der Waals surface area (Å²) < 4.78 is 40.5. The molecular formula is C20H22FN3O5S. The molecule has 0 spiro atoms. The molecule has 1 amide bonds. The van der Waals surface area contributed by atoms with E-state index in [0.717, 1.165) is 6.07 Å². The van der Waals surface area contributed by atoms with E-state index >= 15 is 0 Å². The summed E-state index contributed by atoms with van der Waals surface area (Å²) in [6.45, 7) is 3.53. The Morgan fingerprint density at radius 3 is 2.40 bits per heavy atom. The number of non-ortho nitro benzene ring substituents is 1. The van der Waals surface area contributed by atoms with Crippen LogP contribution in [0.2, 0.25) is 0 Å². The number of nitrogens with zero attached hydrogens (tertiary/aromatic N) is 2. The number of amides is 1. The lowest BCUT2D eigenvalue weighted by molar-refractivity contribution is -0.385. The number of benzene rings is 2. The lowest BCUT2D eigenvalue weighted by Gasteiger charge is -2.31. The molecule has 0 aliphatic carbocycles. The number of aryl methyl sites for hydroxylation is 2. The van der Waals surface area contributed by atoms with Crippen LogP contribution in [0.5, 0.6) is 0 Å². The Hall–Kier alpha value is -2.85. The Morgan fingerprint density at radius 1 is 1.13 bits per heavy atom. The number of nitrogens with one attached hydrogen (secondary N) is 1. The number of piperidine rings is 1. The SMILES string of the molecule is Cc1cc(F)ccc1NC(=O)C1CCN(S(=O)(=O)c2cc([N+](=O)[O-])ccc2C)CC1. The quantitative estimate of drug-likeness (QED) is 0.572. The van der Waals surface area contributed by atoms with Gasteiger partial charge < -0.3 is 5.32 Å². The van der Waals surface area contributed by atoms with Crippen LogP contribution in [0.4, 0.5) is 15.8 Å². The molecule has 2 aromatic carbocycles. The van der Waals surface area contributed by atoms with E-state index in [0.29, 0.717) is 29.7 Å². The molecule has 1 fully saturated rings. The van der Waals surface area contributed by atoms with Gasteiger partial charge in [-0.3, -0.25) is 14.9 Å². The Balaban J connectivity index is 1.69. The van der Waals surface area contributed by atoms with Crippen LogP contribution in [-0.2, 0) is 14.8 Å². The molecule has 1 heterocycles. The summed E-state index contributed by atoms with van der Waals surface area (Å²) >= 11 is 0. The fraction of sp³-hybridized carbons (Fsp3) is 0.350. The van der Waals surface area contributed by atoms with E-state index in [4.69, 9.17) is 0 Å². The van der Waals surface area contributed by atoms with Crippen LogP contribution in [0, 0.1) is 35.7 Å². The van der Waals surface area contributed by atoms with Crippen LogP contribution >= 0.6 is 0 Å².